The summed E-state index contributed by atoms with van der Waals surface area (Å²) < 4.78 is 0. The number of hydrogen-bond donors (Lipinski definition) is 1. The van der Waals surface area contributed by atoms with Gasteiger partial charge in [0.05, 0.1) is 0 Å². The van der Waals surface area contributed by atoms with Crippen LogP contribution in [-0.2, 0) is 0 Å². The molecule has 1 saturated heterocycles. The number of aromatic nitrogens is 1. The van der Waals surface area contributed by atoms with Crippen molar-refractivity contribution in [3.63, 3.8) is 0 Å². The Labute approximate surface area is 136 Å². The van der Waals surface area contributed by atoms with Gasteiger partial charge in [0.1, 0.15) is 5.69 Å². The minimum Gasteiger partial charge on any atom is -0.334 e. The van der Waals surface area contributed by atoms with Crippen LogP contribution in [0.4, 0.5) is 0 Å². The Kier molecular flexibility index (Phi) is 6.40. The molecule has 0 unspecified atom stereocenters. The van der Waals surface area contributed by atoms with Crippen LogP contribution in [0.2, 0.25) is 0 Å². The first-order valence-corrected chi connectivity index (χ1v) is 6.62. The van der Waals surface area contributed by atoms with E-state index in [0.717, 1.165) is 30.4 Å². The van der Waals surface area contributed by atoms with Crippen LogP contribution >= 0.6 is 24.8 Å². The molecular formula is C15H19Cl2N3O. The largest absolute Gasteiger partial charge is 0.334 e. The van der Waals surface area contributed by atoms with Crippen LogP contribution in [-0.4, -0.2) is 41.5 Å². The van der Waals surface area contributed by atoms with E-state index in [1.165, 1.54) is 0 Å². The lowest BCUT2D eigenvalue weighted by Gasteiger charge is -2.31. The number of piperazine rings is 1. The molecule has 0 radical (unpaired) electrons. The number of pyridine rings is 1. The van der Waals surface area contributed by atoms with Crippen LogP contribution in [0.15, 0.2) is 36.5 Å². The summed E-state index contributed by atoms with van der Waals surface area (Å²) >= 11 is 0. The van der Waals surface area contributed by atoms with E-state index in [1.807, 2.05) is 35.2 Å². The molecule has 0 saturated carbocycles. The minimum atomic E-state index is 0. The van der Waals surface area contributed by atoms with Crippen molar-refractivity contribution in [1.82, 2.24) is 15.2 Å². The maximum atomic E-state index is 12.6. The topological polar surface area (TPSA) is 45.2 Å². The van der Waals surface area contributed by atoms with E-state index >= 15 is 0 Å². The van der Waals surface area contributed by atoms with Gasteiger partial charge in [0.25, 0.3) is 5.91 Å². The van der Waals surface area contributed by atoms with Crippen molar-refractivity contribution in [1.29, 1.82) is 0 Å². The Morgan fingerprint density at radius 2 is 2.05 bits per heavy atom. The van der Waals surface area contributed by atoms with E-state index < -0.39 is 0 Å². The average molecular weight is 328 g/mol. The van der Waals surface area contributed by atoms with Crippen LogP contribution in [0.5, 0.6) is 0 Å². The molecule has 1 aromatic carbocycles. The van der Waals surface area contributed by atoms with Gasteiger partial charge in [-0.15, -0.1) is 24.8 Å². The molecule has 1 atom stereocenters. The van der Waals surface area contributed by atoms with Crippen LogP contribution in [0.3, 0.4) is 0 Å². The van der Waals surface area contributed by atoms with E-state index in [4.69, 9.17) is 0 Å². The van der Waals surface area contributed by atoms with Crippen molar-refractivity contribution in [3.8, 4) is 0 Å². The second kappa shape index (κ2) is 7.59. The molecule has 2 heterocycles. The molecule has 1 aliphatic rings. The second-order valence-corrected chi connectivity index (χ2v) is 4.99. The number of fused-ring (bicyclic) bond motifs is 1. The molecule has 21 heavy (non-hydrogen) atoms. The lowest BCUT2D eigenvalue weighted by molar-refractivity contribution is 0.0705. The van der Waals surface area contributed by atoms with Crippen molar-refractivity contribution in [2.75, 3.05) is 19.6 Å². The van der Waals surface area contributed by atoms with Crippen molar-refractivity contribution < 1.29 is 4.79 Å². The molecule has 1 amide bonds. The molecule has 1 fully saturated rings. The highest BCUT2D eigenvalue weighted by Crippen LogP contribution is 2.18. The highest BCUT2D eigenvalue weighted by molar-refractivity contribution is 6.05. The van der Waals surface area contributed by atoms with Gasteiger partial charge >= 0.3 is 0 Å². The fraction of sp³-hybridized carbons (Fsp3) is 0.333. The van der Waals surface area contributed by atoms with Crippen LogP contribution in [0.1, 0.15) is 17.4 Å². The van der Waals surface area contributed by atoms with E-state index in [0.29, 0.717) is 11.7 Å². The third-order valence-corrected chi connectivity index (χ3v) is 3.53. The van der Waals surface area contributed by atoms with Gasteiger partial charge in [-0.2, -0.15) is 0 Å². The number of benzene rings is 1. The Balaban J connectivity index is 0.00000110. The standard InChI is InChI=1S/C15H17N3O.2ClH/c1-11-10-18(9-8-16-11)15(19)14-13-5-3-2-4-12(13)6-7-17-14;;/h2-7,11,16H,8-10H2,1H3;2*1H/t11-;;/m0../s1. The molecule has 0 bridgehead atoms. The molecule has 4 nitrogen and oxygen atoms in total. The normalized spacial score (nSPS) is 17.8. The van der Waals surface area contributed by atoms with Gasteiger partial charge < -0.3 is 10.2 Å². The van der Waals surface area contributed by atoms with Crippen LogP contribution < -0.4 is 5.32 Å². The first kappa shape index (κ1) is 17.7. The number of halogens is 2. The number of rotatable bonds is 1. The molecule has 3 rings (SSSR count). The average Bonchev–Trinajstić information content (AvgIpc) is 2.46. The third kappa shape index (κ3) is 3.64. The van der Waals surface area contributed by atoms with E-state index in [-0.39, 0.29) is 30.7 Å². The van der Waals surface area contributed by atoms with Gasteiger partial charge in [-0.25, -0.2) is 0 Å². The SMILES string of the molecule is C[C@H]1CN(C(=O)c2nccc3ccccc23)CCN1.Cl.Cl. The van der Waals surface area contributed by atoms with Gasteiger partial charge in [0.15, 0.2) is 0 Å². The second-order valence-electron chi connectivity index (χ2n) is 4.99. The molecular weight excluding hydrogens is 309 g/mol. The lowest BCUT2D eigenvalue weighted by Crippen LogP contribution is -2.51. The zero-order chi connectivity index (χ0) is 13.2. The molecule has 2 aromatic rings. The molecule has 6 heteroatoms. The first-order valence-electron chi connectivity index (χ1n) is 6.62. The number of nitrogens with one attached hydrogen (secondary N) is 1. The molecule has 1 aromatic heterocycles. The fourth-order valence-electron chi connectivity index (χ4n) is 2.56. The Morgan fingerprint density at radius 3 is 2.81 bits per heavy atom. The zero-order valence-electron chi connectivity index (χ0n) is 11.8. The molecule has 0 spiro atoms. The molecule has 1 N–H and O–H groups in total. The minimum absolute atomic E-state index is 0. The maximum absolute atomic E-state index is 12.6. The van der Waals surface area contributed by atoms with Crippen LogP contribution in [0.25, 0.3) is 10.8 Å². The monoisotopic (exact) mass is 327 g/mol. The fourth-order valence-corrected chi connectivity index (χ4v) is 2.56. The van der Waals surface area contributed by atoms with Crippen molar-refractivity contribution in [2.45, 2.75) is 13.0 Å². The Hall–Kier alpha value is -1.36. The highest BCUT2D eigenvalue weighted by atomic mass is 35.5. The summed E-state index contributed by atoms with van der Waals surface area (Å²) in [5, 5.41) is 5.33. The number of carbonyl (C=O) groups excluding carboxylic acids is 1. The van der Waals surface area contributed by atoms with E-state index in [1.54, 1.807) is 6.20 Å². The van der Waals surface area contributed by atoms with E-state index in [9.17, 15) is 4.79 Å². The summed E-state index contributed by atoms with van der Waals surface area (Å²) in [6, 6.07) is 10.2. The summed E-state index contributed by atoms with van der Waals surface area (Å²) in [5.41, 5.74) is 0.562. The predicted molar refractivity (Wildman–Crippen MR) is 89.6 cm³/mol. The first-order chi connectivity index (χ1) is 9.25. The van der Waals surface area contributed by atoms with Gasteiger partial charge in [-0.05, 0) is 18.4 Å². The number of amides is 1. The molecule has 114 valence electrons. The smallest absolute Gasteiger partial charge is 0.273 e. The van der Waals surface area contributed by atoms with Gasteiger partial charge in [-0.1, -0.05) is 24.3 Å². The molecule has 1 aliphatic heterocycles. The van der Waals surface area contributed by atoms with E-state index in [2.05, 4.69) is 17.2 Å². The quantitative estimate of drug-likeness (QED) is 0.875. The zero-order valence-corrected chi connectivity index (χ0v) is 13.4. The third-order valence-electron chi connectivity index (χ3n) is 3.53. The summed E-state index contributed by atoms with van der Waals surface area (Å²) in [7, 11) is 0. The van der Waals surface area contributed by atoms with Crippen LogP contribution in [0, 0.1) is 0 Å². The predicted octanol–water partition coefficient (Wildman–Crippen LogP) is 2.51. The van der Waals surface area contributed by atoms with Gasteiger partial charge in [-0.3, -0.25) is 9.78 Å². The van der Waals surface area contributed by atoms with Crippen molar-refractivity contribution in [2.24, 2.45) is 0 Å². The number of hydrogen-bond acceptors (Lipinski definition) is 3. The van der Waals surface area contributed by atoms with Gasteiger partial charge in [0.2, 0.25) is 0 Å². The summed E-state index contributed by atoms with van der Waals surface area (Å²) in [6.45, 7) is 4.42. The van der Waals surface area contributed by atoms with Crippen molar-refractivity contribution >= 4 is 41.5 Å². The highest BCUT2D eigenvalue weighted by Gasteiger charge is 2.23. The number of carbonyl (C=O) groups is 1. The Bertz CT molecular complexity index is 615. The number of nitrogens with zero attached hydrogens (tertiary/aromatic N) is 2. The van der Waals surface area contributed by atoms with Gasteiger partial charge in [0, 0.05) is 37.3 Å². The summed E-state index contributed by atoms with van der Waals surface area (Å²) in [5.74, 6) is 0.0325. The van der Waals surface area contributed by atoms with Crippen molar-refractivity contribution in [3.05, 3.63) is 42.2 Å². The Morgan fingerprint density at radius 1 is 1.29 bits per heavy atom. The summed E-state index contributed by atoms with van der Waals surface area (Å²) in [4.78, 5) is 18.8. The maximum Gasteiger partial charge on any atom is 0.273 e. The summed E-state index contributed by atoms with van der Waals surface area (Å²) in [6.07, 6.45) is 1.71. The lowest BCUT2D eigenvalue weighted by atomic mass is 10.1. The molecule has 0 aliphatic carbocycles.